The van der Waals surface area contributed by atoms with Crippen molar-refractivity contribution in [3.63, 3.8) is 0 Å². The van der Waals surface area contributed by atoms with E-state index in [0.29, 0.717) is 12.2 Å². The smallest absolute Gasteiger partial charge is 0.305 e. The molecule has 0 aliphatic heterocycles. The number of aromatic nitrogens is 4. The van der Waals surface area contributed by atoms with E-state index in [1.54, 1.807) is 4.68 Å². The number of hydrogen-bond acceptors (Lipinski definition) is 4. The number of carbonyl (C=O) groups is 1. The van der Waals surface area contributed by atoms with Gasteiger partial charge < -0.3 is 5.11 Å². The number of hydrogen-bond donors (Lipinski definition) is 1. The predicted octanol–water partition coefficient (Wildman–Crippen LogP) is 2.84. The lowest BCUT2D eigenvalue weighted by atomic mass is 10.1. The average Bonchev–Trinajstić information content (AvgIpc) is 2.87. The van der Waals surface area contributed by atoms with Gasteiger partial charge in [0.25, 0.3) is 0 Å². The molecule has 7 heteroatoms. The lowest BCUT2D eigenvalue weighted by molar-refractivity contribution is -0.138. The lowest BCUT2D eigenvalue weighted by Crippen LogP contribution is -2.16. The minimum absolute atomic E-state index is 0.00158. The van der Waals surface area contributed by atoms with Crippen LogP contribution in [0.2, 0.25) is 0 Å². The van der Waals surface area contributed by atoms with E-state index in [9.17, 15) is 4.79 Å². The largest absolute Gasteiger partial charge is 0.481 e. The highest BCUT2D eigenvalue weighted by atomic mass is 79.9. The zero-order chi connectivity index (χ0) is 14.7. The van der Waals surface area contributed by atoms with Gasteiger partial charge in [-0.15, -0.1) is 5.10 Å². The number of carboxylic acid groups (broad SMARTS) is 1. The zero-order valence-corrected chi connectivity index (χ0v) is 12.8. The number of halogens is 1. The van der Waals surface area contributed by atoms with Crippen LogP contribution >= 0.6 is 15.9 Å². The third-order valence-corrected chi connectivity index (χ3v) is 3.65. The van der Waals surface area contributed by atoms with E-state index in [1.165, 1.54) is 0 Å². The predicted molar refractivity (Wildman–Crippen MR) is 77.3 cm³/mol. The summed E-state index contributed by atoms with van der Waals surface area (Å²) in [6.07, 6.45) is 0.652. The van der Waals surface area contributed by atoms with Gasteiger partial charge in [-0.2, -0.15) is 0 Å². The Morgan fingerprint density at radius 2 is 2.25 bits per heavy atom. The monoisotopic (exact) mass is 338 g/mol. The van der Waals surface area contributed by atoms with E-state index in [4.69, 9.17) is 5.11 Å². The molecule has 106 valence electrons. The first-order valence-electron chi connectivity index (χ1n) is 6.29. The van der Waals surface area contributed by atoms with Gasteiger partial charge in [0.2, 0.25) is 0 Å². The highest BCUT2D eigenvalue weighted by molar-refractivity contribution is 9.10. The number of nitrogens with zero attached hydrogens (tertiary/aromatic N) is 4. The first-order valence-corrected chi connectivity index (χ1v) is 7.08. The number of benzene rings is 1. The van der Waals surface area contributed by atoms with E-state index in [0.717, 1.165) is 15.6 Å². The first kappa shape index (κ1) is 14.6. The van der Waals surface area contributed by atoms with Gasteiger partial charge in [-0.3, -0.25) is 4.79 Å². The molecule has 1 atom stereocenters. The van der Waals surface area contributed by atoms with Gasteiger partial charge >= 0.3 is 5.97 Å². The van der Waals surface area contributed by atoms with Gasteiger partial charge in [0.1, 0.15) is 0 Å². The van der Waals surface area contributed by atoms with Crippen LogP contribution in [0.1, 0.15) is 31.4 Å². The molecule has 1 heterocycles. The molecule has 0 aliphatic rings. The lowest BCUT2D eigenvalue weighted by Gasteiger charge is -2.15. The Hall–Kier alpha value is -1.76. The van der Waals surface area contributed by atoms with E-state index >= 15 is 0 Å². The standard InChI is InChI=1S/C13H15BrN4O2/c1-3-10(7-12(19)20)18-13(15-16-17-18)11-6-9(14)5-4-8(11)2/h4-6,10H,3,7H2,1-2H3,(H,19,20). The number of tetrazole rings is 1. The summed E-state index contributed by atoms with van der Waals surface area (Å²) in [5, 5.41) is 20.7. The molecule has 0 bridgehead atoms. The maximum absolute atomic E-state index is 10.9. The number of carboxylic acids is 1. The molecule has 0 saturated carbocycles. The minimum Gasteiger partial charge on any atom is -0.481 e. The molecule has 0 fully saturated rings. The summed E-state index contributed by atoms with van der Waals surface area (Å²) < 4.78 is 2.53. The summed E-state index contributed by atoms with van der Waals surface area (Å²) in [4.78, 5) is 10.9. The van der Waals surface area contributed by atoms with Crippen molar-refractivity contribution in [2.24, 2.45) is 0 Å². The molecule has 0 aliphatic carbocycles. The van der Waals surface area contributed by atoms with Crippen LogP contribution in [0, 0.1) is 6.92 Å². The molecular weight excluding hydrogens is 324 g/mol. The molecule has 0 spiro atoms. The van der Waals surface area contributed by atoms with Crippen LogP contribution in [0.5, 0.6) is 0 Å². The summed E-state index contributed by atoms with van der Waals surface area (Å²) in [6.45, 7) is 3.89. The molecule has 2 aromatic rings. The molecule has 0 saturated heterocycles. The van der Waals surface area contributed by atoms with Gasteiger partial charge in [0.15, 0.2) is 5.82 Å². The highest BCUT2D eigenvalue weighted by Crippen LogP contribution is 2.28. The Balaban J connectivity index is 2.46. The number of aryl methyl sites for hydroxylation is 1. The maximum atomic E-state index is 10.9. The Bertz CT molecular complexity index is 627. The van der Waals surface area contributed by atoms with Crippen molar-refractivity contribution in [1.29, 1.82) is 0 Å². The third-order valence-electron chi connectivity index (χ3n) is 3.16. The second-order valence-corrected chi connectivity index (χ2v) is 5.48. The van der Waals surface area contributed by atoms with Gasteiger partial charge in [-0.25, -0.2) is 4.68 Å². The average molecular weight is 339 g/mol. The maximum Gasteiger partial charge on any atom is 0.305 e. The summed E-state index contributed by atoms with van der Waals surface area (Å²) in [5.74, 6) is -0.263. The Morgan fingerprint density at radius 1 is 1.50 bits per heavy atom. The quantitative estimate of drug-likeness (QED) is 0.906. The van der Waals surface area contributed by atoms with Gasteiger partial charge in [-0.1, -0.05) is 28.9 Å². The minimum atomic E-state index is -0.857. The summed E-state index contributed by atoms with van der Waals surface area (Å²) in [6, 6.07) is 5.60. The molecule has 0 radical (unpaired) electrons. The molecule has 1 aromatic carbocycles. The molecular formula is C13H15BrN4O2. The van der Waals surface area contributed by atoms with Crippen molar-refractivity contribution in [1.82, 2.24) is 20.2 Å². The molecule has 1 unspecified atom stereocenters. The van der Waals surface area contributed by atoms with Crippen LogP contribution in [-0.2, 0) is 4.79 Å². The highest BCUT2D eigenvalue weighted by Gasteiger charge is 2.20. The van der Waals surface area contributed by atoms with Crippen LogP contribution in [0.4, 0.5) is 0 Å². The van der Waals surface area contributed by atoms with Gasteiger partial charge in [-0.05, 0) is 41.5 Å². The SMILES string of the molecule is CCC(CC(=O)O)n1nnnc1-c1cc(Br)ccc1C. The van der Waals surface area contributed by atoms with Crippen molar-refractivity contribution in [2.75, 3.05) is 0 Å². The van der Waals surface area contributed by atoms with Crippen molar-refractivity contribution in [2.45, 2.75) is 32.7 Å². The zero-order valence-electron chi connectivity index (χ0n) is 11.2. The molecule has 0 amide bonds. The van der Waals surface area contributed by atoms with E-state index in [-0.39, 0.29) is 12.5 Å². The van der Waals surface area contributed by atoms with Crippen LogP contribution in [0.15, 0.2) is 22.7 Å². The molecule has 20 heavy (non-hydrogen) atoms. The van der Waals surface area contributed by atoms with Crippen molar-refractivity contribution in [3.8, 4) is 11.4 Å². The second-order valence-electron chi connectivity index (χ2n) is 4.57. The van der Waals surface area contributed by atoms with Crippen LogP contribution in [0.25, 0.3) is 11.4 Å². The fourth-order valence-corrected chi connectivity index (χ4v) is 2.42. The third kappa shape index (κ3) is 3.04. The van der Waals surface area contributed by atoms with Crippen LogP contribution < -0.4 is 0 Å². The fraction of sp³-hybridized carbons (Fsp3) is 0.385. The summed E-state index contributed by atoms with van der Waals surface area (Å²) >= 11 is 3.43. The van der Waals surface area contributed by atoms with Crippen molar-refractivity contribution in [3.05, 3.63) is 28.2 Å². The van der Waals surface area contributed by atoms with Gasteiger partial charge in [0.05, 0.1) is 12.5 Å². The van der Waals surface area contributed by atoms with Crippen LogP contribution in [-0.4, -0.2) is 31.3 Å². The van der Waals surface area contributed by atoms with E-state index in [1.807, 2.05) is 32.0 Å². The second kappa shape index (κ2) is 6.13. The van der Waals surface area contributed by atoms with Crippen molar-refractivity contribution < 1.29 is 9.90 Å². The van der Waals surface area contributed by atoms with Crippen molar-refractivity contribution >= 4 is 21.9 Å². The Morgan fingerprint density at radius 3 is 2.90 bits per heavy atom. The molecule has 2 rings (SSSR count). The fourth-order valence-electron chi connectivity index (χ4n) is 2.06. The number of rotatable bonds is 5. The molecule has 1 aromatic heterocycles. The normalized spacial score (nSPS) is 12.3. The van der Waals surface area contributed by atoms with E-state index < -0.39 is 5.97 Å². The van der Waals surface area contributed by atoms with Gasteiger partial charge in [0, 0.05) is 10.0 Å². The summed E-state index contributed by atoms with van der Waals surface area (Å²) in [5.41, 5.74) is 1.93. The van der Waals surface area contributed by atoms with Crippen LogP contribution in [0.3, 0.4) is 0 Å². The topological polar surface area (TPSA) is 80.9 Å². The molecule has 1 N–H and O–H groups in total. The number of aliphatic carboxylic acids is 1. The Labute approximate surface area is 124 Å². The van der Waals surface area contributed by atoms with E-state index in [2.05, 4.69) is 31.5 Å². The first-order chi connectivity index (χ1) is 9.52. The summed E-state index contributed by atoms with van der Waals surface area (Å²) in [7, 11) is 0. The molecule has 6 nitrogen and oxygen atoms in total. The Kier molecular flexibility index (Phi) is 4.49.